The lowest BCUT2D eigenvalue weighted by Crippen LogP contribution is -2.21. The van der Waals surface area contributed by atoms with E-state index in [1.807, 2.05) is 0 Å². The molecule has 1 rings (SSSR count). The maximum Gasteiger partial charge on any atom is 0.164 e. The standard InChI is InChI=1S/C9H9BrCl2FNO/c10-5-1-7(12)9(13)8(2-5)14-4-6(15)3-11/h1-2,6,14-15H,3-4H2. The van der Waals surface area contributed by atoms with Crippen LogP contribution in [0.2, 0.25) is 5.02 Å². The van der Waals surface area contributed by atoms with Gasteiger partial charge in [-0.1, -0.05) is 27.5 Å². The molecule has 1 atom stereocenters. The van der Waals surface area contributed by atoms with Crippen LogP contribution in [0.25, 0.3) is 0 Å². The Morgan fingerprint density at radius 2 is 2.20 bits per heavy atom. The second-order valence-corrected chi connectivity index (χ2v) is 4.57. The zero-order valence-electron chi connectivity index (χ0n) is 7.61. The van der Waals surface area contributed by atoms with E-state index in [1.54, 1.807) is 6.07 Å². The Hall–Kier alpha value is -0.0300. The summed E-state index contributed by atoms with van der Waals surface area (Å²) < 4.78 is 14.1. The summed E-state index contributed by atoms with van der Waals surface area (Å²) in [5, 5.41) is 11.9. The summed E-state index contributed by atoms with van der Waals surface area (Å²) in [5.74, 6) is -0.447. The minimum Gasteiger partial charge on any atom is -0.390 e. The van der Waals surface area contributed by atoms with E-state index in [0.717, 1.165) is 0 Å². The molecule has 0 aliphatic heterocycles. The van der Waals surface area contributed by atoms with Crippen LogP contribution in [0.3, 0.4) is 0 Å². The van der Waals surface area contributed by atoms with Gasteiger partial charge >= 0.3 is 0 Å². The van der Waals surface area contributed by atoms with Crippen LogP contribution < -0.4 is 5.32 Å². The third kappa shape index (κ3) is 3.79. The molecule has 0 amide bonds. The number of halogens is 4. The van der Waals surface area contributed by atoms with Gasteiger partial charge in [-0.15, -0.1) is 11.6 Å². The number of rotatable bonds is 4. The monoisotopic (exact) mass is 315 g/mol. The zero-order valence-corrected chi connectivity index (χ0v) is 10.7. The highest BCUT2D eigenvalue weighted by molar-refractivity contribution is 9.10. The smallest absolute Gasteiger partial charge is 0.164 e. The van der Waals surface area contributed by atoms with Gasteiger partial charge in [0.2, 0.25) is 0 Å². The number of anilines is 1. The molecule has 1 unspecified atom stereocenters. The second kappa shape index (κ2) is 5.89. The van der Waals surface area contributed by atoms with Crippen LogP contribution in [0.1, 0.15) is 0 Å². The minimum atomic E-state index is -0.719. The molecule has 0 fully saturated rings. The molecule has 1 aromatic carbocycles. The van der Waals surface area contributed by atoms with Crippen molar-refractivity contribution in [3.63, 3.8) is 0 Å². The van der Waals surface area contributed by atoms with E-state index >= 15 is 0 Å². The molecule has 0 bridgehead atoms. The molecule has 0 saturated carbocycles. The van der Waals surface area contributed by atoms with Crippen LogP contribution in [0, 0.1) is 5.82 Å². The summed E-state index contributed by atoms with van der Waals surface area (Å²) in [6.45, 7) is 0.174. The molecule has 0 aliphatic rings. The summed E-state index contributed by atoms with van der Waals surface area (Å²) in [6.07, 6.45) is -0.719. The fraction of sp³-hybridized carbons (Fsp3) is 0.333. The number of aliphatic hydroxyl groups excluding tert-OH is 1. The summed E-state index contributed by atoms with van der Waals surface area (Å²) in [7, 11) is 0. The summed E-state index contributed by atoms with van der Waals surface area (Å²) in [6, 6.07) is 3.00. The molecule has 0 aromatic heterocycles. The van der Waals surface area contributed by atoms with E-state index in [2.05, 4.69) is 21.2 Å². The number of hydrogen-bond donors (Lipinski definition) is 2. The van der Waals surface area contributed by atoms with Crippen molar-refractivity contribution < 1.29 is 9.50 Å². The molecule has 2 N–H and O–H groups in total. The predicted octanol–water partition coefficient (Wildman–Crippen LogP) is 3.25. The van der Waals surface area contributed by atoms with Gasteiger partial charge < -0.3 is 10.4 Å². The lowest BCUT2D eigenvalue weighted by Gasteiger charge is -2.11. The Morgan fingerprint density at radius 3 is 2.80 bits per heavy atom. The first kappa shape index (κ1) is 13.0. The van der Waals surface area contributed by atoms with Crippen LogP contribution in [-0.4, -0.2) is 23.6 Å². The molecular formula is C9H9BrCl2FNO. The van der Waals surface area contributed by atoms with Gasteiger partial charge in [-0.2, -0.15) is 0 Å². The van der Waals surface area contributed by atoms with E-state index in [-0.39, 0.29) is 23.1 Å². The Labute approximate surface area is 106 Å². The van der Waals surface area contributed by atoms with Gasteiger partial charge in [0.1, 0.15) is 0 Å². The predicted molar refractivity (Wildman–Crippen MR) is 64.3 cm³/mol. The van der Waals surface area contributed by atoms with Crippen molar-refractivity contribution in [2.45, 2.75) is 6.10 Å². The van der Waals surface area contributed by atoms with Gasteiger partial charge in [-0.3, -0.25) is 0 Å². The van der Waals surface area contributed by atoms with Gasteiger partial charge in [0, 0.05) is 11.0 Å². The SMILES string of the molecule is OC(CCl)CNc1cc(Br)cc(Cl)c1F. The van der Waals surface area contributed by atoms with Crippen LogP contribution in [0.15, 0.2) is 16.6 Å². The number of aliphatic hydroxyl groups is 1. The molecule has 0 saturated heterocycles. The molecule has 0 heterocycles. The van der Waals surface area contributed by atoms with Crippen LogP contribution >= 0.6 is 39.1 Å². The summed E-state index contributed by atoms with van der Waals surface area (Å²) in [5.41, 5.74) is 0.235. The highest BCUT2D eigenvalue weighted by Crippen LogP contribution is 2.27. The van der Waals surface area contributed by atoms with Crippen LogP contribution in [0.4, 0.5) is 10.1 Å². The topological polar surface area (TPSA) is 32.3 Å². The van der Waals surface area contributed by atoms with Crippen molar-refractivity contribution in [1.29, 1.82) is 0 Å². The highest BCUT2D eigenvalue weighted by atomic mass is 79.9. The number of benzene rings is 1. The zero-order chi connectivity index (χ0) is 11.4. The van der Waals surface area contributed by atoms with Crippen molar-refractivity contribution in [3.05, 3.63) is 27.4 Å². The van der Waals surface area contributed by atoms with Gasteiger partial charge in [0.25, 0.3) is 0 Å². The largest absolute Gasteiger partial charge is 0.390 e. The third-order valence-corrected chi connectivity index (χ3v) is 2.79. The fourth-order valence-corrected chi connectivity index (χ4v) is 1.89. The molecule has 1 aromatic rings. The Bertz CT molecular complexity index is 351. The Kier molecular flexibility index (Phi) is 5.12. The molecule has 15 heavy (non-hydrogen) atoms. The molecule has 0 radical (unpaired) electrons. The molecule has 2 nitrogen and oxygen atoms in total. The van der Waals surface area contributed by atoms with E-state index in [4.69, 9.17) is 23.2 Å². The first-order valence-electron chi connectivity index (χ1n) is 4.17. The minimum absolute atomic E-state index is 0.0206. The van der Waals surface area contributed by atoms with Crippen molar-refractivity contribution in [3.8, 4) is 0 Å². The lowest BCUT2D eigenvalue weighted by molar-refractivity contribution is 0.211. The van der Waals surface area contributed by atoms with Crippen molar-refractivity contribution in [2.24, 2.45) is 0 Å². The van der Waals surface area contributed by atoms with Gasteiger partial charge in [0.05, 0.1) is 22.7 Å². The maximum atomic E-state index is 13.4. The van der Waals surface area contributed by atoms with Crippen molar-refractivity contribution >= 4 is 44.8 Å². The van der Waals surface area contributed by atoms with E-state index in [0.29, 0.717) is 4.47 Å². The van der Waals surface area contributed by atoms with Gasteiger partial charge in [-0.05, 0) is 12.1 Å². The molecular weight excluding hydrogens is 308 g/mol. The fourth-order valence-electron chi connectivity index (χ4n) is 0.967. The molecule has 0 spiro atoms. The summed E-state index contributed by atoms with van der Waals surface area (Å²) in [4.78, 5) is 0. The average molecular weight is 317 g/mol. The van der Waals surface area contributed by atoms with E-state index in [1.165, 1.54) is 6.07 Å². The summed E-state index contributed by atoms with van der Waals surface area (Å²) >= 11 is 14.2. The third-order valence-electron chi connectivity index (χ3n) is 1.70. The van der Waals surface area contributed by atoms with Gasteiger partial charge in [-0.25, -0.2) is 4.39 Å². The first-order valence-corrected chi connectivity index (χ1v) is 5.87. The lowest BCUT2D eigenvalue weighted by atomic mass is 10.3. The van der Waals surface area contributed by atoms with Crippen LogP contribution in [-0.2, 0) is 0 Å². The average Bonchev–Trinajstić information content (AvgIpc) is 2.20. The highest BCUT2D eigenvalue weighted by Gasteiger charge is 2.09. The van der Waals surface area contributed by atoms with Crippen molar-refractivity contribution in [2.75, 3.05) is 17.7 Å². The molecule has 6 heteroatoms. The van der Waals surface area contributed by atoms with Crippen LogP contribution in [0.5, 0.6) is 0 Å². The van der Waals surface area contributed by atoms with E-state index in [9.17, 15) is 9.50 Å². The number of alkyl halides is 1. The molecule has 0 aliphatic carbocycles. The van der Waals surface area contributed by atoms with E-state index < -0.39 is 11.9 Å². The second-order valence-electron chi connectivity index (χ2n) is 2.94. The molecule has 84 valence electrons. The number of hydrogen-bond acceptors (Lipinski definition) is 2. The Balaban J connectivity index is 2.76. The normalized spacial score (nSPS) is 12.6. The quantitative estimate of drug-likeness (QED) is 0.660. The number of nitrogens with one attached hydrogen (secondary N) is 1. The Morgan fingerprint density at radius 1 is 1.53 bits per heavy atom. The van der Waals surface area contributed by atoms with Gasteiger partial charge in [0.15, 0.2) is 5.82 Å². The maximum absolute atomic E-state index is 13.4. The van der Waals surface area contributed by atoms with Crippen molar-refractivity contribution in [1.82, 2.24) is 0 Å². The first-order chi connectivity index (χ1) is 7.04.